The van der Waals surface area contributed by atoms with Crippen molar-refractivity contribution in [3.63, 3.8) is 0 Å². The predicted molar refractivity (Wildman–Crippen MR) is 112 cm³/mol. The van der Waals surface area contributed by atoms with Gasteiger partial charge in [0.2, 0.25) is 0 Å². The van der Waals surface area contributed by atoms with Gasteiger partial charge < -0.3 is 42.7 Å². The minimum atomic E-state index is -1.02. The van der Waals surface area contributed by atoms with Crippen LogP contribution in [0.4, 0.5) is 0 Å². The number of carbonyl (C=O) groups is 3. The van der Waals surface area contributed by atoms with Crippen molar-refractivity contribution in [3.8, 4) is 11.5 Å². The first-order chi connectivity index (χ1) is 14.5. The molecule has 11 N–H and O–H groups in total. The Morgan fingerprint density at radius 3 is 1.13 bits per heavy atom. The van der Waals surface area contributed by atoms with Crippen LogP contribution in [-0.4, -0.2) is 62.1 Å². The Hall–Kier alpha value is -3.67. The Morgan fingerprint density at radius 1 is 0.677 bits per heavy atom. The van der Waals surface area contributed by atoms with Crippen molar-refractivity contribution < 1.29 is 39.9 Å². The van der Waals surface area contributed by atoms with Gasteiger partial charge >= 0.3 is 17.9 Å². The lowest BCUT2D eigenvalue weighted by Gasteiger charge is -2.05. The van der Waals surface area contributed by atoms with E-state index in [1.165, 1.54) is 24.3 Å². The number of carboxylic acid groups (broad SMARTS) is 3. The highest BCUT2D eigenvalue weighted by molar-refractivity contribution is 5.74. The van der Waals surface area contributed by atoms with Gasteiger partial charge in [-0.3, -0.25) is 14.4 Å². The number of hydrogen-bond acceptors (Lipinski definition) is 8. The molecule has 11 nitrogen and oxygen atoms in total. The lowest BCUT2D eigenvalue weighted by Crippen LogP contribution is -2.32. The number of carboxylic acids is 3. The van der Waals surface area contributed by atoms with Crippen LogP contribution >= 0.6 is 0 Å². The maximum absolute atomic E-state index is 10.4. The topological polar surface area (TPSA) is 230 Å². The highest BCUT2D eigenvalue weighted by atomic mass is 16.4. The second kappa shape index (κ2) is 14.3. The molecule has 0 aliphatic heterocycles. The number of phenolic OH excluding ortho intramolecular Hbond substituents is 2. The van der Waals surface area contributed by atoms with E-state index in [1.807, 2.05) is 0 Å². The molecule has 170 valence electrons. The van der Waals surface area contributed by atoms with Gasteiger partial charge in [0.05, 0.1) is 6.54 Å². The molecule has 0 saturated heterocycles. The molecule has 0 bridgehead atoms. The maximum Gasteiger partial charge on any atom is 0.320 e. The van der Waals surface area contributed by atoms with Crippen LogP contribution in [0.3, 0.4) is 0 Å². The summed E-state index contributed by atoms with van der Waals surface area (Å²) in [5.41, 5.74) is 16.8. The molecule has 0 fully saturated rings. The molecule has 2 atom stereocenters. The molecule has 11 heteroatoms. The lowest BCUT2D eigenvalue weighted by atomic mass is 10.1. The number of aromatic hydroxyl groups is 2. The summed E-state index contributed by atoms with van der Waals surface area (Å²) in [7, 11) is 0. The fourth-order valence-corrected chi connectivity index (χ4v) is 1.95. The van der Waals surface area contributed by atoms with Gasteiger partial charge in [-0.05, 0) is 48.2 Å². The monoisotopic (exact) mass is 437 g/mol. The Kier molecular flexibility index (Phi) is 12.6. The zero-order chi connectivity index (χ0) is 24.0. The van der Waals surface area contributed by atoms with Crippen molar-refractivity contribution in [3.05, 3.63) is 59.7 Å². The average Bonchev–Trinajstić information content (AvgIpc) is 2.72. The molecule has 0 radical (unpaired) electrons. The summed E-state index contributed by atoms with van der Waals surface area (Å²) >= 11 is 0. The fraction of sp³-hybridized carbons (Fsp3) is 0.250. The minimum Gasteiger partial charge on any atom is -0.508 e. The first-order valence-corrected chi connectivity index (χ1v) is 8.90. The van der Waals surface area contributed by atoms with Crippen LogP contribution in [0.1, 0.15) is 11.1 Å². The Balaban J connectivity index is 0.000000479. The van der Waals surface area contributed by atoms with Crippen LogP contribution in [0, 0.1) is 0 Å². The van der Waals surface area contributed by atoms with E-state index in [0.717, 1.165) is 11.1 Å². The molecule has 2 rings (SSSR count). The molecule has 2 aromatic carbocycles. The van der Waals surface area contributed by atoms with E-state index in [1.54, 1.807) is 24.3 Å². The third-order valence-corrected chi connectivity index (χ3v) is 3.59. The SMILES string of the molecule is NCC(=O)O.N[C@@H](Cc1ccc(O)cc1)C(=O)O.N[C@@H](Cc1ccc(O)cc1)C(=O)O. The second-order valence-electron chi connectivity index (χ2n) is 6.23. The Labute approximate surface area is 178 Å². The van der Waals surface area contributed by atoms with Crippen molar-refractivity contribution in [1.82, 2.24) is 0 Å². The van der Waals surface area contributed by atoms with Gasteiger partial charge in [0.1, 0.15) is 23.6 Å². The fourth-order valence-electron chi connectivity index (χ4n) is 1.95. The van der Waals surface area contributed by atoms with Gasteiger partial charge in [0, 0.05) is 0 Å². The highest BCUT2D eigenvalue weighted by Crippen LogP contribution is 2.11. The Morgan fingerprint density at radius 2 is 0.935 bits per heavy atom. The first-order valence-electron chi connectivity index (χ1n) is 8.90. The summed E-state index contributed by atoms with van der Waals surface area (Å²) in [6, 6.07) is 10.8. The van der Waals surface area contributed by atoms with Crippen LogP contribution in [-0.2, 0) is 27.2 Å². The molecular weight excluding hydrogens is 410 g/mol. The van der Waals surface area contributed by atoms with E-state index in [0.29, 0.717) is 0 Å². The molecule has 0 aromatic heterocycles. The molecule has 0 heterocycles. The molecule has 0 aliphatic carbocycles. The highest BCUT2D eigenvalue weighted by Gasteiger charge is 2.12. The van der Waals surface area contributed by atoms with Gasteiger partial charge in [0.15, 0.2) is 0 Å². The molecule has 0 spiro atoms. The Bertz CT molecular complexity index is 762. The molecule has 0 saturated carbocycles. The van der Waals surface area contributed by atoms with E-state index in [4.69, 9.17) is 37.0 Å². The van der Waals surface area contributed by atoms with Crippen molar-refractivity contribution in [1.29, 1.82) is 0 Å². The zero-order valence-corrected chi connectivity index (χ0v) is 16.6. The zero-order valence-electron chi connectivity index (χ0n) is 16.6. The van der Waals surface area contributed by atoms with Gasteiger partial charge in [-0.1, -0.05) is 24.3 Å². The minimum absolute atomic E-state index is 0.160. The molecule has 0 unspecified atom stereocenters. The summed E-state index contributed by atoms with van der Waals surface area (Å²) in [5.74, 6) is -2.69. The summed E-state index contributed by atoms with van der Waals surface area (Å²) in [6.07, 6.45) is 0.547. The number of rotatable bonds is 7. The van der Waals surface area contributed by atoms with E-state index in [2.05, 4.69) is 5.73 Å². The maximum atomic E-state index is 10.4. The smallest absolute Gasteiger partial charge is 0.320 e. The van der Waals surface area contributed by atoms with Crippen molar-refractivity contribution in [2.24, 2.45) is 17.2 Å². The third-order valence-electron chi connectivity index (χ3n) is 3.59. The average molecular weight is 437 g/mol. The molecular formula is C20H27N3O8. The van der Waals surface area contributed by atoms with Crippen molar-refractivity contribution >= 4 is 17.9 Å². The van der Waals surface area contributed by atoms with Crippen LogP contribution in [0.25, 0.3) is 0 Å². The van der Waals surface area contributed by atoms with Crippen molar-refractivity contribution in [2.45, 2.75) is 24.9 Å². The van der Waals surface area contributed by atoms with Crippen LogP contribution < -0.4 is 17.2 Å². The van der Waals surface area contributed by atoms with Crippen LogP contribution in [0.5, 0.6) is 11.5 Å². The summed E-state index contributed by atoms with van der Waals surface area (Å²) in [6.45, 7) is -0.278. The summed E-state index contributed by atoms with van der Waals surface area (Å²) in [4.78, 5) is 30.0. The second-order valence-corrected chi connectivity index (χ2v) is 6.23. The quantitative estimate of drug-likeness (QED) is 0.281. The number of aliphatic carboxylic acids is 3. The van der Waals surface area contributed by atoms with Gasteiger partial charge in [-0.25, -0.2) is 0 Å². The largest absolute Gasteiger partial charge is 0.508 e. The number of hydrogen-bond donors (Lipinski definition) is 8. The summed E-state index contributed by atoms with van der Waals surface area (Å²) in [5, 5.41) is 42.5. The van der Waals surface area contributed by atoms with Crippen molar-refractivity contribution in [2.75, 3.05) is 6.54 Å². The van der Waals surface area contributed by atoms with E-state index in [-0.39, 0.29) is 30.9 Å². The normalized spacial score (nSPS) is 11.6. The molecule has 0 amide bonds. The van der Waals surface area contributed by atoms with E-state index in [9.17, 15) is 14.4 Å². The predicted octanol–water partition coefficient (Wildman–Crippen LogP) is -0.277. The first kappa shape index (κ1) is 27.3. The van der Waals surface area contributed by atoms with Gasteiger partial charge in [0.25, 0.3) is 0 Å². The van der Waals surface area contributed by atoms with E-state index < -0.39 is 30.0 Å². The lowest BCUT2D eigenvalue weighted by molar-refractivity contribution is -0.139. The molecule has 2 aromatic rings. The number of benzene rings is 2. The molecule has 31 heavy (non-hydrogen) atoms. The van der Waals surface area contributed by atoms with Crippen LogP contribution in [0.2, 0.25) is 0 Å². The van der Waals surface area contributed by atoms with Gasteiger partial charge in [-0.15, -0.1) is 0 Å². The number of phenols is 2. The number of nitrogens with two attached hydrogens (primary N) is 3. The molecule has 0 aliphatic rings. The van der Waals surface area contributed by atoms with Crippen LogP contribution in [0.15, 0.2) is 48.5 Å². The third kappa shape index (κ3) is 13.2. The van der Waals surface area contributed by atoms with Gasteiger partial charge in [-0.2, -0.15) is 0 Å². The summed E-state index contributed by atoms with van der Waals surface area (Å²) < 4.78 is 0. The van der Waals surface area contributed by atoms with E-state index >= 15 is 0 Å². The standard InChI is InChI=1S/2C9H11NO3.C2H5NO2/c2*10-8(9(12)13)5-6-1-3-7(11)4-2-6;3-1-2(4)5/h2*1-4,8,11H,5,10H2,(H,12,13);1,3H2,(H,4,5)/t2*8-;/m00./s1.